The molecule has 164 valence electrons. The molecular formula is C23H19Br2Cl2FO3. The molecule has 0 N–H and O–H groups in total. The third kappa shape index (κ3) is 5.48. The molecule has 0 fully saturated rings. The molecule has 0 unspecified atom stereocenters. The molecule has 3 rings (SSSR count). The van der Waals surface area contributed by atoms with Gasteiger partial charge in [0.05, 0.1) is 30.3 Å². The number of benzene rings is 3. The molecule has 0 atom stereocenters. The average Bonchev–Trinajstić information content (AvgIpc) is 2.67. The van der Waals surface area contributed by atoms with Crippen molar-refractivity contribution in [3.63, 3.8) is 0 Å². The Morgan fingerprint density at radius 3 is 1.35 bits per heavy atom. The van der Waals surface area contributed by atoms with Crippen molar-refractivity contribution in [2.75, 3.05) is 21.3 Å². The van der Waals surface area contributed by atoms with E-state index in [1.165, 1.54) is 12.1 Å². The second-order valence-electron chi connectivity index (χ2n) is 6.77. The van der Waals surface area contributed by atoms with Crippen LogP contribution in [-0.2, 0) is 12.8 Å². The van der Waals surface area contributed by atoms with E-state index in [1.807, 2.05) is 0 Å². The topological polar surface area (TPSA) is 27.7 Å². The first-order valence-corrected chi connectivity index (χ1v) is 11.5. The molecule has 0 aliphatic carbocycles. The van der Waals surface area contributed by atoms with Crippen molar-refractivity contribution in [2.24, 2.45) is 0 Å². The van der Waals surface area contributed by atoms with Crippen LogP contribution in [0.1, 0.15) is 22.3 Å². The molecule has 0 amide bonds. The third-order valence-electron chi connectivity index (χ3n) is 4.75. The van der Waals surface area contributed by atoms with Crippen molar-refractivity contribution in [2.45, 2.75) is 12.8 Å². The summed E-state index contributed by atoms with van der Waals surface area (Å²) in [6.07, 6.45) is 0.735. The fourth-order valence-electron chi connectivity index (χ4n) is 3.59. The zero-order valence-corrected chi connectivity index (χ0v) is 21.7. The van der Waals surface area contributed by atoms with E-state index in [-0.39, 0.29) is 5.82 Å². The highest BCUT2D eigenvalue weighted by Crippen LogP contribution is 2.39. The highest BCUT2D eigenvalue weighted by atomic mass is 79.9. The first-order valence-electron chi connectivity index (χ1n) is 9.16. The lowest BCUT2D eigenvalue weighted by Crippen LogP contribution is -2.03. The Morgan fingerprint density at radius 2 is 1.00 bits per heavy atom. The Labute approximate surface area is 207 Å². The maximum absolute atomic E-state index is 14.6. The molecule has 0 saturated carbocycles. The predicted octanol–water partition coefficient (Wildman–Crippen LogP) is 7.86. The standard InChI is InChI=1S/C23H19Br2Cl2FO3/c1-29-21-14(4-12-6-16(26)10-19(24)22(12)30-2)8-18(28)9-15(21)5-13-7-17(27)11-20(25)23(13)31-3/h6-11H,4-5H2,1-3H3. The molecule has 0 aliphatic rings. The highest BCUT2D eigenvalue weighted by molar-refractivity contribution is 9.11. The van der Waals surface area contributed by atoms with Gasteiger partial charge in [-0.1, -0.05) is 23.2 Å². The van der Waals surface area contributed by atoms with E-state index < -0.39 is 0 Å². The number of hydrogen-bond acceptors (Lipinski definition) is 3. The van der Waals surface area contributed by atoms with Crippen molar-refractivity contribution >= 4 is 55.1 Å². The molecule has 8 heteroatoms. The minimum absolute atomic E-state index is 0.368. The van der Waals surface area contributed by atoms with Crippen LogP contribution < -0.4 is 14.2 Å². The fraction of sp³-hybridized carbons (Fsp3) is 0.217. The molecule has 0 bridgehead atoms. The van der Waals surface area contributed by atoms with E-state index in [9.17, 15) is 4.39 Å². The molecule has 3 nitrogen and oxygen atoms in total. The summed E-state index contributed by atoms with van der Waals surface area (Å²) in [6.45, 7) is 0. The summed E-state index contributed by atoms with van der Waals surface area (Å²) in [7, 11) is 4.72. The van der Waals surface area contributed by atoms with Gasteiger partial charge in [0.25, 0.3) is 0 Å². The van der Waals surface area contributed by atoms with Crippen LogP contribution in [0.15, 0.2) is 45.3 Å². The number of hydrogen-bond donors (Lipinski definition) is 0. The lowest BCUT2D eigenvalue weighted by atomic mass is 9.96. The van der Waals surface area contributed by atoms with E-state index in [2.05, 4.69) is 31.9 Å². The van der Waals surface area contributed by atoms with Gasteiger partial charge >= 0.3 is 0 Å². The highest BCUT2D eigenvalue weighted by Gasteiger charge is 2.19. The molecule has 3 aromatic carbocycles. The largest absolute Gasteiger partial charge is 0.496 e. The van der Waals surface area contributed by atoms with Crippen molar-refractivity contribution in [1.29, 1.82) is 0 Å². The van der Waals surface area contributed by atoms with E-state index in [0.29, 0.717) is 51.3 Å². The SMILES string of the molecule is COc1c(Br)cc(Cl)cc1Cc1cc(F)cc(Cc2cc(Cl)cc(Br)c2OC)c1OC. The number of halogens is 5. The lowest BCUT2D eigenvalue weighted by Gasteiger charge is -2.18. The average molecular weight is 593 g/mol. The quantitative estimate of drug-likeness (QED) is 0.279. The predicted molar refractivity (Wildman–Crippen MR) is 130 cm³/mol. The van der Waals surface area contributed by atoms with Crippen molar-refractivity contribution in [3.05, 3.63) is 83.5 Å². The first kappa shape index (κ1) is 24.2. The molecule has 0 aromatic heterocycles. The number of methoxy groups -OCH3 is 3. The maximum Gasteiger partial charge on any atom is 0.136 e. The molecular weight excluding hydrogens is 574 g/mol. The van der Waals surface area contributed by atoms with Crippen molar-refractivity contribution in [1.82, 2.24) is 0 Å². The van der Waals surface area contributed by atoms with Crippen LogP contribution in [-0.4, -0.2) is 21.3 Å². The van der Waals surface area contributed by atoms with Crippen LogP contribution in [0.2, 0.25) is 10.0 Å². The summed E-state index contributed by atoms with van der Waals surface area (Å²) in [5.41, 5.74) is 2.95. The first-order chi connectivity index (χ1) is 14.8. The van der Waals surface area contributed by atoms with Gasteiger partial charge in [-0.25, -0.2) is 4.39 Å². The summed E-state index contributed by atoms with van der Waals surface area (Å²) in [6, 6.07) is 10.0. The van der Waals surface area contributed by atoms with E-state index >= 15 is 0 Å². The zero-order valence-electron chi connectivity index (χ0n) is 17.0. The smallest absolute Gasteiger partial charge is 0.136 e. The minimum Gasteiger partial charge on any atom is -0.496 e. The summed E-state index contributed by atoms with van der Waals surface area (Å²) in [5, 5.41) is 1.10. The molecule has 0 radical (unpaired) electrons. The molecule has 31 heavy (non-hydrogen) atoms. The lowest BCUT2D eigenvalue weighted by molar-refractivity contribution is 0.398. The van der Waals surface area contributed by atoms with Crippen LogP contribution in [0.4, 0.5) is 4.39 Å². The summed E-state index contributed by atoms with van der Waals surface area (Å²) in [5.74, 6) is 1.49. The molecule has 3 aromatic rings. The van der Waals surface area contributed by atoms with E-state index in [0.717, 1.165) is 20.1 Å². The van der Waals surface area contributed by atoms with Gasteiger partial charge in [0.15, 0.2) is 0 Å². The van der Waals surface area contributed by atoms with Gasteiger partial charge in [0.1, 0.15) is 23.1 Å². The molecule has 0 aliphatic heterocycles. The summed E-state index contributed by atoms with van der Waals surface area (Å²) in [4.78, 5) is 0. The van der Waals surface area contributed by atoms with Gasteiger partial charge in [-0.3, -0.25) is 0 Å². The fourth-order valence-corrected chi connectivity index (χ4v) is 5.67. The Morgan fingerprint density at radius 1 is 0.645 bits per heavy atom. The second kappa shape index (κ2) is 10.4. The van der Waals surface area contributed by atoms with Crippen molar-refractivity contribution < 1.29 is 18.6 Å². The third-order valence-corrected chi connectivity index (χ3v) is 6.37. The summed E-state index contributed by atoms with van der Waals surface area (Å²) < 4.78 is 32.8. The van der Waals surface area contributed by atoms with Crippen LogP contribution >= 0.6 is 55.1 Å². The van der Waals surface area contributed by atoms with Gasteiger partial charge in [-0.2, -0.15) is 0 Å². The Balaban J connectivity index is 2.09. The maximum atomic E-state index is 14.6. The van der Waals surface area contributed by atoms with E-state index in [4.69, 9.17) is 37.4 Å². The van der Waals surface area contributed by atoms with Gasteiger partial charge in [-0.05, 0) is 68.3 Å². The zero-order chi connectivity index (χ0) is 22.7. The number of rotatable bonds is 7. The van der Waals surface area contributed by atoms with Gasteiger partial charge < -0.3 is 14.2 Å². The van der Waals surface area contributed by atoms with Crippen LogP contribution in [0, 0.1) is 5.82 Å². The molecule has 0 heterocycles. The van der Waals surface area contributed by atoms with Crippen molar-refractivity contribution in [3.8, 4) is 17.2 Å². The summed E-state index contributed by atoms with van der Waals surface area (Å²) >= 11 is 19.4. The van der Waals surface area contributed by atoms with Crippen LogP contribution in [0.25, 0.3) is 0 Å². The molecule has 0 spiro atoms. The van der Waals surface area contributed by atoms with E-state index in [1.54, 1.807) is 45.6 Å². The monoisotopic (exact) mass is 590 g/mol. The van der Waals surface area contributed by atoms with Crippen LogP contribution in [0.3, 0.4) is 0 Å². The Hall–Kier alpha value is -1.47. The number of ether oxygens (including phenoxy) is 3. The Kier molecular flexibility index (Phi) is 8.14. The van der Waals surface area contributed by atoms with Gasteiger partial charge in [0, 0.05) is 45.1 Å². The normalized spacial score (nSPS) is 10.8. The molecule has 0 saturated heterocycles. The second-order valence-corrected chi connectivity index (χ2v) is 9.35. The van der Waals surface area contributed by atoms with Crippen LogP contribution in [0.5, 0.6) is 17.2 Å². The Bertz CT molecular complexity index is 1040. The van der Waals surface area contributed by atoms with Gasteiger partial charge in [0.2, 0.25) is 0 Å². The minimum atomic E-state index is -0.370. The van der Waals surface area contributed by atoms with Gasteiger partial charge in [-0.15, -0.1) is 0 Å².